The molecule has 0 bridgehead atoms. The molecule has 0 heterocycles. The van der Waals surface area contributed by atoms with Gasteiger partial charge >= 0.3 is 5.97 Å². The van der Waals surface area contributed by atoms with Crippen molar-refractivity contribution in [2.45, 2.75) is 39.2 Å². The normalized spacial score (nSPS) is 11.9. The molecular formula is C14H20O4. The summed E-state index contributed by atoms with van der Waals surface area (Å²) in [5.74, 6) is 0.398. The third-order valence-electron chi connectivity index (χ3n) is 2.40. The van der Waals surface area contributed by atoms with Gasteiger partial charge in [0, 0.05) is 0 Å². The Morgan fingerprint density at radius 2 is 1.78 bits per heavy atom. The third kappa shape index (κ3) is 4.65. The molecule has 0 saturated carbocycles. The smallest absolute Gasteiger partial charge is 0.344 e. The Morgan fingerprint density at radius 1 is 1.17 bits per heavy atom. The molecule has 1 rings (SSSR count). The second kappa shape index (κ2) is 7.58. The number of carboxylic acids is 1. The van der Waals surface area contributed by atoms with Crippen LogP contribution in [0.5, 0.6) is 11.5 Å². The van der Waals surface area contributed by atoms with E-state index in [1.54, 1.807) is 24.3 Å². The van der Waals surface area contributed by atoms with Crippen molar-refractivity contribution in [2.75, 3.05) is 6.61 Å². The Labute approximate surface area is 108 Å². The minimum Gasteiger partial charge on any atom is -0.494 e. The fourth-order valence-electron chi connectivity index (χ4n) is 1.49. The summed E-state index contributed by atoms with van der Waals surface area (Å²) in [5.41, 5.74) is 0. The molecule has 1 N–H and O–H groups in total. The van der Waals surface area contributed by atoms with E-state index in [4.69, 9.17) is 14.6 Å². The third-order valence-corrected chi connectivity index (χ3v) is 2.40. The average Bonchev–Trinajstić information content (AvgIpc) is 2.37. The van der Waals surface area contributed by atoms with Crippen LogP contribution in [-0.4, -0.2) is 23.8 Å². The lowest BCUT2D eigenvalue weighted by molar-refractivity contribution is -0.145. The van der Waals surface area contributed by atoms with Crippen LogP contribution in [0.3, 0.4) is 0 Å². The first-order chi connectivity index (χ1) is 8.67. The fourth-order valence-corrected chi connectivity index (χ4v) is 1.49. The molecule has 18 heavy (non-hydrogen) atoms. The molecule has 0 amide bonds. The van der Waals surface area contributed by atoms with E-state index < -0.39 is 12.1 Å². The number of carboxylic acid groups (broad SMARTS) is 1. The van der Waals surface area contributed by atoms with Crippen molar-refractivity contribution in [3.8, 4) is 11.5 Å². The topological polar surface area (TPSA) is 55.8 Å². The van der Waals surface area contributed by atoms with E-state index in [9.17, 15) is 4.79 Å². The molecule has 0 saturated heterocycles. The Bertz CT molecular complexity index is 359. The molecule has 0 spiro atoms. The van der Waals surface area contributed by atoms with Crippen LogP contribution < -0.4 is 9.47 Å². The first kappa shape index (κ1) is 14.4. The van der Waals surface area contributed by atoms with Gasteiger partial charge < -0.3 is 14.6 Å². The van der Waals surface area contributed by atoms with E-state index >= 15 is 0 Å². The highest BCUT2D eigenvalue weighted by atomic mass is 16.5. The predicted molar refractivity (Wildman–Crippen MR) is 69.2 cm³/mol. The van der Waals surface area contributed by atoms with E-state index in [-0.39, 0.29) is 0 Å². The standard InChI is InChI=1S/C14H20O4/c1-3-5-13(14(15)16)18-12-8-6-11(7-9-12)17-10-4-2/h6-9,13H,3-5,10H2,1-2H3,(H,15,16). The molecule has 0 aromatic heterocycles. The number of carbonyl (C=O) groups is 1. The van der Waals surface area contributed by atoms with Gasteiger partial charge in [0.15, 0.2) is 6.10 Å². The second-order valence-corrected chi connectivity index (χ2v) is 4.05. The van der Waals surface area contributed by atoms with Crippen LogP contribution in [0.4, 0.5) is 0 Å². The molecule has 1 atom stereocenters. The molecule has 0 radical (unpaired) electrons. The van der Waals surface area contributed by atoms with E-state index in [0.717, 1.165) is 18.6 Å². The maximum absolute atomic E-state index is 11.0. The summed E-state index contributed by atoms with van der Waals surface area (Å²) in [6.45, 7) is 4.65. The summed E-state index contributed by atoms with van der Waals surface area (Å²) in [5, 5.41) is 8.99. The molecule has 0 aliphatic rings. The summed E-state index contributed by atoms with van der Waals surface area (Å²) < 4.78 is 10.9. The van der Waals surface area contributed by atoms with Crippen LogP contribution in [0.15, 0.2) is 24.3 Å². The summed E-state index contributed by atoms with van der Waals surface area (Å²) in [4.78, 5) is 11.0. The maximum Gasteiger partial charge on any atom is 0.344 e. The molecule has 100 valence electrons. The Balaban J connectivity index is 2.58. The van der Waals surface area contributed by atoms with Crippen LogP contribution in [0, 0.1) is 0 Å². The first-order valence-corrected chi connectivity index (χ1v) is 6.29. The van der Waals surface area contributed by atoms with Gasteiger partial charge in [-0.3, -0.25) is 0 Å². The lowest BCUT2D eigenvalue weighted by Gasteiger charge is -2.14. The number of benzene rings is 1. The van der Waals surface area contributed by atoms with E-state index in [2.05, 4.69) is 0 Å². The van der Waals surface area contributed by atoms with E-state index in [1.165, 1.54) is 0 Å². The van der Waals surface area contributed by atoms with Gasteiger partial charge in [-0.15, -0.1) is 0 Å². The highest BCUT2D eigenvalue weighted by Crippen LogP contribution is 2.19. The van der Waals surface area contributed by atoms with Crippen LogP contribution >= 0.6 is 0 Å². The second-order valence-electron chi connectivity index (χ2n) is 4.05. The van der Waals surface area contributed by atoms with Gasteiger partial charge in [-0.05, 0) is 37.1 Å². The SMILES string of the molecule is CCCOc1ccc(OC(CCC)C(=O)O)cc1. The van der Waals surface area contributed by atoms with Crippen molar-refractivity contribution in [2.24, 2.45) is 0 Å². The molecule has 4 nitrogen and oxygen atoms in total. The van der Waals surface area contributed by atoms with Crippen molar-refractivity contribution >= 4 is 5.97 Å². The van der Waals surface area contributed by atoms with Crippen molar-refractivity contribution < 1.29 is 19.4 Å². The average molecular weight is 252 g/mol. The zero-order valence-corrected chi connectivity index (χ0v) is 10.9. The van der Waals surface area contributed by atoms with Crippen molar-refractivity contribution in [1.29, 1.82) is 0 Å². The van der Waals surface area contributed by atoms with Gasteiger partial charge in [0.1, 0.15) is 11.5 Å². The predicted octanol–water partition coefficient (Wildman–Crippen LogP) is 3.11. The highest BCUT2D eigenvalue weighted by Gasteiger charge is 2.17. The highest BCUT2D eigenvalue weighted by molar-refractivity contribution is 5.72. The zero-order valence-electron chi connectivity index (χ0n) is 10.9. The van der Waals surface area contributed by atoms with Gasteiger partial charge in [-0.25, -0.2) is 4.79 Å². The van der Waals surface area contributed by atoms with Gasteiger partial charge in [0.25, 0.3) is 0 Å². The molecule has 1 aromatic rings. The van der Waals surface area contributed by atoms with Gasteiger partial charge in [-0.2, -0.15) is 0 Å². The first-order valence-electron chi connectivity index (χ1n) is 6.29. The van der Waals surface area contributed by atoms with E-state index in [1.807, 2.05) is 13.8 Å². The quantitative estimate of drug-likeness (QED) is 0.772. The summed E-state index contributed by atoms with van der Waals surface area (Å²) in [6.07, 6.45) is 1.45. The summed E-state index contributed by atoms with van der Waals surface area (Å²) in [7, 11) is 0. The van der Waals surface area contributed by atoms with Crippen molar-refractivity contribution in [3.05, 3.63) is 24.3 Å². The minimum atomic E-state index is -0.928. The van der Waals surface area contributed by atoms with Gasteiger partial charge in [0.2, 0.25) is 0 Å². The van der Waals surface area contributed by atoms with Gasteiger partial charge in [0.05, 0.1) is 6.61 Å². The fraction of sp³-hybridized carbons (Fsp3) is 0.500. The Kier molecular flexibility index (Phi) is 6.05. The molecular weight excluding hydrogens is 232 g/mol. The number of ether oxygens (including phenoxy) is 2. The lowest BCUT2D eigenvalue weighted by Crippen LogP contribution is -2.26. The lowest BCUT2D eigenvalue weighted by atomic mass is 10.2. The van der Waals surface area contributed by atoms with Gasteiger partial charge in [-0.1, -0.05) is 20.3 Å². The van der Waals surface area contributed by atoms with Crippen molar-refractivity contribution in [1.82, 2.24) is 0 Å². The largest absolute Gasteiger partial charge is 0.494 e. The molecule has 4 heteroatoms. The number of hydrogen-bond donors (Lipinski definition) is 1. The maximum atomic E-state index is 11.0. The van der Waals surface area contributed by atoms with Crippen LogP contribution in [0.25, 0.3) is 0 Å². The molecule has 0 aliphatic carbocycles. The van der Waals surface area contributed by atoms with Crippen LogP contribution in [0.2, 0.25) is 0 Å². The number of rotatable bonds is 8. The summed E-state index contributed by atoms with van der Waals surface area (Å²) >= 11 is 0. The zero-order chi connectivity index (χ0) is 13.4. The Morgan fingerprint density at radius 3 is 2.28 bits per heavy atom. The number of hydrogen-bond acceptors (Lipinski definition) is 3. The monoisotopic (exact) mass is 252 g/mol. The molecule has 1 unspecified atom stereocenters. The number of aliphatic carboxylic acids is 1. The molecule has 1 aromatic carbocycles. The Hall–Kier alpha value is -1.71. The summed E-state index contributed by atoms with van der Waals surface area (Å²) in [6, 6.07) is 7.04. The molecule has 0 fully saturated rings. The molecule has 0 aliphatic heterocycles. The van der Waals surface area contributed by atoms with E-state index in [0.29, 0.717) is 18.8 Å². The minimum absolute atomic E-state index is 0.503. The van der Waals surface area contributed by atoms with Crippen molar-refractivity contribution in [3.63, 3.8) is 0 Å². The van der Waals surface area contributed by atoms with Crippen LogP contribution in [0.1, 0.15) is 33.1 Å². The van der Waals surface area contributed by atoms with Crippen LogP contribution in [-0.2, 0) is 4.79 Å².